The number of nitrogens with one attached hydrogen (secondary N) is 2. The first-order valence-corrected chi connectivity index (χ1v) is 13.7. The smallest absolute Gasteiger partial charge is 0.748 e. The summed E-state index contributed by atoms with van der Waals surface area (Å²) in [7, 11) is -8.02. The van der Waals surface area contributed by atoms with Crippen LogP contribution in [-0.2, 0) is 34.3 Å². The Kier molecular flexibility index (Phi) is 20.1. The molecule has 0 aromatic heterocycles. The predicted octanol–water partition coefficient (Wildman–Crippen LogP) is -0.207. The van der Waals surface area contributed by atoms with Crippen LogP contribution in [0.15, 0.2) is 12.0 Å². The van der Waals surface area contributed by atoms with E-state index in [9.17, 15) is 35.8 Å². The molecule has 0 radical (unpaired) electrons. The average Bonchev–Trinajstić information content (AvgIpc) is 3.25. The van der Waals surface area contributed by atoms with Crippen LogP contribution in [0.3, 0.4) is 0 Å². The van der Waals surface area contributed by atoms with Crippen molar-refractivity contribution in [2.24, 2.45) is 5.41 Å². The topological polar surface area (TPSA) is 170 Å². The van der Waals surface area contributed by atoms with Crippen LogP contribution in [0.4, 0.5) is 0 Å². The fraction of sp³-hybridized carbons (Fsp3) is 0.792. The number of carbonyl (C=O) groups excluding carboxylic acids is 3. The van der Waals surface area contributed by atoms with E-state index in [4.69, 9.17) is 0 Å². The number of amides is 3. The monoisotopic (exact) mass is 595 g/mol. The zero-order valence-electron chi connectivity index (χ0n) is 20.9. The summed E-state index contributed by atoms with van der Waals surface area (Å²) in [5, 5.41) is 4.67. The molecule has 2 saturated heterocycles. The van der Waals surface area contributed by atoms with Crippen molar-refractivity contribution in [1.82, 2.24) is 15.5 Å². The van der Waals surface area contributed by atoms with Gasteiger partial charge in [0, 0.05) is 11.8 Å². The van der Waals surface area contributed by atoms with E-state index in [1.807, 2.05) is 6.92 Å². The first-order valence-electron chi connectivity index (χ1n) is 10.5. The molecule has 2 N–H and O–H groups in total. The number of rotatable bonds is 7. The minimum Gasteiger partial charge on any atom is -0.748 e. The Labute approximate surface area is 253 Å². The van der Waals surface area contributed by atoms with Gasteiger partial charge in [-0.3, -0.25) is 14.4 Å². The summed E-state index contributed by atoms with van der Waals surface area (Å²) in [6.45, 7) is 13.4. The molecule has 2 rings (SSSR count). The molecule has 14 heteroatoms. The van der Waals surface area contributed by atoms with Crippen molar-refractivity contribution in [2.75, 3.05) is 12.4 Å². The van der Waals surface area contributed by atoms with Crippen molar-refractivity contribution in [3.63, 3.8) is 0 Å². The van der Waals surface area contributed by atoms with Gasteiger partial charge in [0.15, 0.2) is 9.84 Å². The van der Waals surface area contributed by atoms with Gasteiger partial charge in [-0.25, -0.2) is 16.8 Å². The van der Waals surface area contributed by atoms with Crippen molar-refractivity contribution < 1.29 is 65.3 Å². The number of hydrogen-bond donors (Lipinski definition) is 2. The molecule has 3 amide bonds. The normalized spacial score (nSPS) is 24.8. The molecule has 2 aliphatic heterocycles. The minimum absolute atomic E-state index is 0. The van der Waals surface area contributed by atoms with Gasteiger partial charge in [0.1, 0.15) is 5.54 Å². The molecule has 0 aromatic rings. The van der Waals surface area contributed by atoms with E-state index in [2.05, 4.69) is 17.2 Å². The molecule has 0 bridgehead atoms. The molecule has 3 atom stereocenters. The standard InChI is InChI=1S/C11H18N2O4S.C9H17NO4S.4CH4.Na/c1-4-11(3)8(18(16,17)5-2)6-9(14)12-7-13-10(11)15;1-5-9(4)7(11)10(9)8(2,3)6-15(12,13)14;;;;;/h5,8H,2,4,6-7H2,1,3H3,(H,12,14)(H,13,15);5-6H2,1-4H3,(H,12,13,14);4*1H4;/q;;;;;;+1/p-1. The Morgan fingerprint density at radius 2 is 1.50 bits per heavy atom. The second kappa shape index (κ2) is 16.3. The molecule has 2 aliphatic rings. The van der Waals surface area contributed by atoms with Gasteiger partial charge in [-0.05, 0) is 40.5 Å². The summed E-state index contributed by atoms with van der Waals surface area (Å²) >= 11 is 0. The molecule has 222 valence electrons. The Bertz CT molecular complexity index is 1030. The van der Waals surface area contributed by atoms with E-state index in [1.165, 1.54) is 4.90 Å². The zero-order chi connectivity index (χ0) is 26.0. The maximum absolute atomic E-state index is 12.0. The fourth-order valence-electron chi connectivity index (χ4n) is 4.11. The number of hydrogen-bond acceptors (Lipinski definition) is 8. The quantitative estimate of drug-likeness (QED) is 0.231. The SMILES string of the molecule is C.C.C.C.C=CS(=O)(=O)C1CC(=O)NCNC(=O)C1(C)CC.CCC1(C)C(=O)N1C(C)(C)CS(=O)(=O)[O-].[Na+]. The molecule has 0 aromatic carbocycles. The van der Waals surface area contributed by atoms with E-state index in [-0.39, 0.29) is 84.2 Å². The number of sulfone groups is 1. The van der Waals surface area contributed by atoms with Gasteiger partial charge < -0.3 is 20.1 Å². The third-order valence-corrected chi connectivity index (χ3v) is 9.43. The maximum atomic E-state index is 12.0. The third-order valence-electron chi connectivity index (χ3n) is 6.43. The molecule has 11 nitrogen and oxygen atoms in total. The van der Waals surface area contributed by atoms with Crippen molar-refractivity contribution in [3.05, 3.63) is 12.0 Å². The second-order valence-electron chi connectivity index (χ2n) is 9.28. The summed E-state index contributed by atoms with van der Waals surface area (Å²) in [5.41, 5.74) is -2.64. The Balaban J connectivity index is -0.000000171. The summed E-state index contributed by atoms with van der Waals surface area (Å²) in [6.07, 6.45) is 0.712. The molecule has 0 spiro atoms. The number of nitrogens with zero attached hydrogens (tertiary/aromatic N) is 1. The first kappa shape index (κ1) is 46.8. The minimum atomic E-state index is -4.31. The second-order valence-corrected chi connectivity index (χ2v) is 12.8. The first-order chi connectivity index (χ1) is 14.8. The Morgan fingerprint density at radius 3 is 1.84 bits per heavy atom. The van der Waals surface area contributed by atoms with Crippen LogP contribution in [0.25, 0.3) is 0 Å². The molecular weight excluding hydrogens is 545 g/mol. The summed E-state index contributed by atoms with van der Waals surface area (Å²) in [4.78, 5) is 36.6. The summed E-state index contributed by atoms with van der Waals surface area (Å²) in [6, 6.07) is 0. The van der Waals surface area contributed by atoms with Gasteiger partial charge in [-0.1, -0.05) is 50.1 Å². The van der Waals surface area contributed by atoms with Crippen LogP contribution in [0.1, 0.15) is 90.5 Å². The summed E-state index contributed by atoms with van der Waals surface area (Å²) < 4.78 is 56.1. The van der Waals surface area contributed by atoms with Crippen LogP contribution >= 0.6 is 0 Å². The van der Waals surface area contributed by atoms with Gasteiger partial charge in [-0.2, -0.15) is 0 Å². The Hall–Kier alpha value is -0.990. The zero-order valence-corrected chi connectivity index (χ0v) is 24.6. The van der Waals surface area contributed by atoms with Crippen LogP contribution in [0.2, 0.25) is 0 Å². The van der Waals surface area contributed by atoms with Gasteiger partial charge in [0.05, 0.1) is 38.7 Å². The van der Waals surface area contributed by atoms with E-state index in [0.717, 1.165) is 5.41 Å². The maximum Gasteiger partial charge on any atom is 1.00 e. The van der Waals surface area contributed by atoms with E-state index >= 15 is 0 Å². The van der Waals surface area contributed by atoms with E-state index in [1.54, 1.807) is 34.6 Å². The van der Waals surface area contributed by atoms with Crippen LogP contribution in [-0.4, -0.2) is 72.8 Å². The van der Waals surface area contributed by atoms with Gasteiger partial charge in [0.2, 0.25) is 17.7 Å². The van der Waals surface area contributed by atoms with E-state index in [0.29, 0.717) is 12.8 Å². The molecule has 3 unspecified atom stereocenters. The largest absolute Gasteiger partial charge is 1.00 e. The molecular formula is C24H50N3NaO8S2. The molecule has 38 heavy (non-hydrogen) atoms. The summed E-state index contributed by atoms with van der Waals surface area (Å²) in [5.74, 6) is -1.40. The predicted molar refractivity (Wildman–Crippen MR) is 148 cm³/mol. The molecule has 0 aliphatic carbocycles. The van der Waals surface area contributed by atoms with Crippen molar-refractivity contribution >= 4 is 37.7 Å². The van der Waals surface area contributed by atoms with Gasteiger partial charge in [-0.15, -0.1) is 0 Å². The van der Waals surface area contributed by atoms with Crippen molar-refractivity contribution in [3.8, 4) is 0 Å². The van der Waals surface area contributed by atoms with Gasteiger partial charge >= 0.3 is 29.6 Å². The third kappa shape index (κ3) is 10.5. The average molecular weight is 596 g/mol. The molecule has 2 fully saturated rings. The fourth-order valence-corrected chi connectivity index (χ4v) is 6.72. The van der Waals surface area contributed by atoms with Crippen molar-refractivity contribution in [1.29, 1.82) is 0 Å². The van der Waals surface area contributed by atoms with Crippen LogP contribution < -0.4 is 40.2 Å². The van der Waals surface area contributed by atoms with Crippen molar-refractivity contribution in [2.45, 2.75) is 107 Å². The van der Waals surface area contributed by atoms with Crippen LogP contribution in [0, 0.1) is 5.41 Å². The Morgan fingerprint density at radius 1 is 1.03 bits per heavy atom. The number of carbonyl (C=O) groups is 3. The van der Waals surface area contributed by atoms with E-state index < -0.39 is 53.4 Å². The van der Waals surface area contributed by atoms with Crippen LogP contribution in [0.5, 0.6) is 0 Å². The molecule has 2 heterocycles. The van der Waals surface area contributed by atoms with Gasteiger partial charge in [0.25, 0.3) is 0 Å². The molecule has 0 saturated carbocycles.